The summed E-state index contributed by atoms with van der Waals surface area (Å²) in [6.45, 7) is 0. The van der Waals surface area contributed by atoms with Crippen molar-refractivity contribution in [3.63, 3.8) is 0 Å². The van der Waals surface area contributed by atoms with E-state index in [4.69, 9.17) is 23.8 Å². The van der Waals surface area contributed by atoms with Crippen molar-refractivity contribution >= 4 is 76.5 Å². The lowest BCUT2D eigenvalue weighted by molar-refractivity contribution is 0.669. The summed E-state index contributed by atoms with van der Waals surface area (Å²) in [6, 6.07) is 67.4. The van der Waals surface area contributed by atoms with Crippen LogP contribution in [0.1, 0.15) is 0 Å². The molecule has 6 heteroatoms. The van der Waals surface area contributed by atoms with Crippen molar-refractivity contribution < 1.29 is 8.83 Å². The SMILES string of the molecule is c1ccc(-c2nc(-c3cccc4c3oc3cc5ccccc5cc34)nc(-n3c4ccccc4c4ccc(-c5ccc6oc7c(-c8ccccc8)cccc7c6c5)cc43)n2)cc1. The highest BCUT2D eigenvalue weighted by Crippen LogP contribution is 2.41. The average molecular weight is 781 g/mol. The monoisotopic (exact) mass is 780 g/mol. The predicted octanol–water partition coefficient (Wildman–Crippen LogP) is 14.6. The first-order chi connectivity index (χ1) is 30.2. The normalized spacial score (nSPS) is 11.9. The molecule has 284 valence electrons. The second-order valence-corrected chi connectivity index (χ2v) is 15.6. The average Bonchev–Trinajstić information content (AvgIpc) is 4.00. The molecule has 0 aliphatic carbocycles. The standard InChI is InChI=1S/C55H32N4O2/c1-3-13-33(14-4-1)39-20-11-21-42-45-30-37(26-28-49(45)60-51(39)42)38-25-27-41-40-19-9-10-24-47(40)59(48(41)31-38)55-57-53(34-15-5-2-6-16-34)56-54(58-55)44-23-12-22-43-46-29-35-17-7-8-18-36(35)32-50(46)61-52(43)44/h1-32H. The Morgan fingerprint density at radius 3 is 1.74 bits per heavy atom. The van der Waals surface area contributed by atoms with Crippen LogP contribution in [-0.2, 0) is 0 Å². The number of rotatable bonds is 5. The van der Waals surface area contributed by atoms with Crippen LogP contribution in [0.5, 0.6) is 0 Å². The van der Waals surface area contributed by atoms with Gasteiger partial charge in [-0.3, -0.25) is 4.57 Å². The second kappa shape index (κ2) is 13.1. The lowest BCUT2D eigenvalue weighted by atomic mass is 9.99. The Kier molecular flexibility index (Phi) is 7.21. The predicted molar refractivity (Wildman–Crippen MR) is 248 cm³/mol. The third kappa shape index (κ3) is 5.26. The second-order valence-electron chi connectivity index (χ2n) is 15.6. The number of hydrogen-bond acceptors (Lipinski definition) is 5. The van der Waals surface area contributed by atoms with Crippen LogP contribution < -0.4 is 0 Å². The molecule has 6 nitrogen and oxygen atoms in total. The van der Waals surface area contributed by atoms with Crippen LogP contribution in [0.2, 0.25) is 0 Å². The van der Waals surface area contributed by atoms with Crippen LogP contribution in [0, 0.1) is 0 Å². The Labute approximate surface area is 348 Å². The molecular formula is C55H32N4O2. The van der Waals surface area contributed by atoms with E-state index in [1.807, 2.05) is 42.5 Å². The lowest BCUT2D eigenvalue weighted by Gasteiger charge is -2.11. The van der Waals surface area contributed by atoms with Crippen molar-refractivity contribution in [2.24, 2.45) is 0 Å². The van der Waals surface area contributed by atoms with Crippen LogP contribution in [0.15, 0.2) is 203 Å². The molecule has 4 aromatic heterocycles. The van der Waals surface area contributed by atoms with Crippen molar-refractivity contribution in [1.82, 2.24) is 19.5 Å². The van der Waals surface area contributed by atoms with Crippen LogP contribution in [0.25, 0.3) is 127 Å². The summed E-state index contributed by atoms with van der Waals surface area (Å²) in [4.78, 5) is 15.7. The molecule has 13 rings (SSSR count). The molecule has 0 saturated carbocycles. The molecule has 0 atom stereocenters. The smallest absolute Gasteiger partial charge is 0.238 e. The highest BCUT2D eigenvalue weighted by atomic mass is 16.3. The molecule has 0 saturated heterocycles. The van der Waals surface area contributed by atoms with Gasteiger partial charge in [0.2, 0.25) is 5.95 Å². The van der Waals surface area contributed by atoms with Gasteiger partial charge >= 0.3 is 0 Å². The topological polar surface area (TPSA) is 69.9 Å². The highest BCUT2D eigenvalue weighted by Gasteiger charge is 2.21. The van der Waals surface area contributed by atoms with Crippen molar-refractivity contribution in [2.45, 2.75) is 0 Å². The highest BCUT2D eigenvalue weighted by molar-refractivity contribution is 6.14. The maximum absolute atomic E-state index is 6.69. The van der Waals surface area contributed by atoms with Gasteiger partial charge in [0.05, 0.1) is 16.6 Å². The fourth-order valence-corrected chi connectivity index (χ4v) is 9.15. The summed E-state index contributed by atoms with van der Waals surface area (Å²) >= 11 is 0. The van der Waals surface area contributed by atoms with Gasteiger partial charge in [0.25, 0.3) is 0 Å². The van der Waals surface area contributed by atoms with Gasteiger partial charge in [-0.15, -0.1) is 0 Å². The Bertz CT molecular complexity index is 3880. The zero-order chi connectivity index (χ0) is 40.0. The number of nitrogens with zero attached hydrogens (tertiary/aromatic N) is 4. The molecule has 0 aliphatic rings. The third-order valence-corrected chi connectivity index (χ3v) is 12.1. The van der Waals surface area contributed by atoms with E-state index in [2.05, 4.69) is 156 Å². The number of fused-ring (bicyclic) bond motifs is 10. The number of benzene rings is 9. The molecule has 0 bridgehead atoms. The van der Waals surface area contributed by atoms with Gasteiger partial charge in [-0.05, 0) is 69.9 Å². The summed E-state index contributed by atoms with van der Waals surface area (Å²) in [5, 5.41) is 8.76. The summed E-state index contributed by atoms with van der Waals surface area (Å²) < 4.78 is 15.4. The molecule has 13 aromatic rings. The first-order valence-electron chi connectivity index (χ1n) is 20.4. The quantitative estimate of drug-likeness (QED) is 0.174. The lowest BCUT2D eigenvalue weighted by Crippen LogP contribution is -2.06. The van der Waals surface area contributed by atoms with Crippen LogP contribution >= 0.6 is 0 Å². The Hall–Kier alpha value is -8.35. The van der Waals surface area contributed by atoms with Crippen molar-refractivity contribution in [1.29, 1.82) is 0 Å². The van der Waals surface area contributed by atoms with Crippen molar-refractivity contribution in [3.05, 3.63) is 194 Å². The van der Waals surface area contributed by atoms with Gasteiger partial charge in [0.1, 0.15) is 22.3 Å². The van der Waals surface area contributed by atoms with E-state index in [1.54, 1.807) is 0 Å². The Morgan fingerprint density at radius 2 is 0.918 bits per heavy atom. The minimum Gasteiger partial charge on any atom is -0.455 e. The molecular weight excluding hydrogens is 749 g/mol. The molecule has 61 heavy (non-hydrogen) atoms. The van der Waals surface area contributed by atoms with Gasteiger partial charge in [-0.1, -0.05) is 152 Å². The van der Waals surface area contributed by atoms with E-state index < -0.39 is 0 Å². The van der Waals surface area contributed by atoms with Crippen molar-refractivity contribution in [2.75, 3.05) is 0 Å². The van der Waals surface area contributed by atoms with E-state index in [1.165, 1.54) is 0 Å². The zero-order valence-corrected chi connectivity index (χ0v) is 32.6. The van der Waals surface area contributed by atoms with Gasteiger partial charge in [0.15, 0.2) is 11.6 Å². The molecule has 0 amide bonds. The van der Waals surface area contributed by atoms with Gasteiger partial charge in [-0.2, -0.15) is 9.97 Å². The zero-order valence-electron chi connectivity index (χ0n) is 32.6. The first-order valence-corrected chi connectivity index (χ1v) is 20.4. The van der Waals surface area contributed by atoms with E-state index in [-0.39, 0.29) is 0 Å². The maximum Gasteiger partial charge on any atom is 0.238 e. The summed E-state index contributed by atoms with van der Waals surface area (Å²) in [7, 11) is 0. The minimum atomic E-state index is 0.524. The number of aromatic nitrogens is 4. The number of hydrogen-bond donors (Lipinski definition) is 0. The number of para-hydroxylation sites is 3. The van der Waals surface area contributed by atoms with E-state index >= 15 is 0 Å². The fourth-order valence-electron chi connectivity index (χ4n) is 9.15. The van der Waals surface area contributed by atoms with Crippen LogP contribution in [0.3, 0.4) is 0 Å². The summed E-state index contributed by atoms with van der Waals surface area (Å²) in [6.07, 6.45) is 0. The fraction of sp³-hybridized carbons (Fsp3) is 0. The largest absolute Gasteiger partial charge is 0.455 e. The molecule has 0 aliphatic heterocycles. The van der Waals surface area contributed by atoms with E-state index in [0.717, 1.165) is 110 Å². The van der Waals surface area contributed by atoms with Crippen molar-refractivity contribution in [3.8, 4) is 51.0 Å². The third-order valence-electron chi connectivity index (χ3n) is 12.1. The number of furan rings is 2. The molecule has 0 spiro atoms. The molecule has 4 heterocycles. The molecule has 0 unspecified atom stereocenters. The van der Waals surface area contributed by atoms with E-state index in [9.17, 15) is 0 Å². The first kappa shape index (κ1) is 33.6. The molecule has 9 aromatic carbocycles. The van der Waals surface area contributed by atoms with Crippen LogP contribution in [-0.4, -0.2) is 19.5 Å². The van der Waals surface area contributed by atoms with Gasteiger partial charge in [-0.25, -0.2) is 4.98 Å². The Morgan fingerprint density at radius 1 is 0.328 bits per heavy atom. The summed E-state index contributed by atoms with van der Waals surface area (Å²) in [5.74, 6) is 1.64. The Balaban J connectivity index is 1.02. The van der Waals surface area contributed by atoms with E-state index in [0.29, 0.717) is 17.6 Å². The van der Waals surface area contributed by atoms with Gasteiger partial charge in [0, 0.05) is 43.4 Å². The molecule has 0 fully saturated rings. The maximum atomic E-state index is 6.69. The molecule has 0 N–H and O–H groups in total. The minimum absolute atomic E-state index is 0.524. The summed E-state index contributed by atoms with van der Waals surface area (Å²) in [5.41, 5.74) is 11.4. The van der Waals surface area contributed by atoms with Crippen LogP contribution in [0.4, 0.5) is 0 Å². The molecule has 0 radical (unpaired) electrons. The van der Waals surface area contributed by atoms with Gasteiger partial charge < -0.3 is 8.83 Å².